The Balaban J connectivity index is 1.55. The fourth-order valence-electron chi connectivity index (χ4n) is 3.23. The first-order chi connectivity index (χ1) is 11.6. The van der Waals surface area contributed by atoms with Gasteiger partial charge in [-0.15, -0.1) is 11.3 Å². The highest BCUT2D eigenvalue weighted by Gasteiger charge is 2.36. The number of nitrogens with zero attached hydrogens (tertiary/aromatic N) is 1. The number of hydrogen-bond donors (Lipinski definition) is 1. The van der Waals surface area contributed by atoms with Crippen molar-refractivity contribution < 1.29 is 14.4 Å². The summed E-state index contributed by atoms with van der Waals surface area (Å²) in [6, 6.07) is 8.49. The largest absolute Gasteiger partial charge is 0.280 e. The molecule has 0 saturated carbocycles. The van der Waals surface area contributed by atoms with Crippen LogP contribution in [0, 0.1) is 0 Å². The number of benzene rings is 1. The van der Waals surface area contributed by atoms with Crippen molar-refractivity contribution in [2.75, 3.05) is 0 Å². The van der Waals surface area contributed by atoms with E-state index in [1.165, 1.54) is 28.2 Å². The van der Waals surface area contributed by atoms with Crippen LogP contribution in [-0.4, -0.2) is 22.7 Å². The molecule has 0 saturated heterocycles. The molecule has 2 heterocycles. The average Bonchev–Trinajstić information content (AvgIpc) is 3.01. The molecule has 122 valence electrons. The van der Waals surface area contributed by atoms with E-state index in [9.17, 15) is 14.4 Å². The third-order valence-electron chi connectivity index (χ3n) is 4.48. The molecule has 1 aromatic heterocycles. The molecule has 3 amide bonds. The van der Waals surface area contributed by atoms with Gasteiger partial charge in [-0.1, -0.05) is 18.6 Å². The number of rotatable bonds is 2. The van der Waals surface area contributed by atoms with E-state index in [1.54, 1.807) is 24.3 Å². The molecule has 2 aromatic rings. The van der Waals surface area contributed by atoms with Gasteiger partial charge in [0.25, 0.3) is 17.7 Å². The maximum absolute atomic E-state index is 12.5. The Morgan fingerprint density at radius 2 is 1.67 bits per heavy atom. The standard InChI is InChI=1S/C18H16N2O3S/c21-16(15-10-11-6-2-1-3-9-14(11)24-15)19-20-17(22)12-7-4-5-8-13(12)18(20)23/h4-5,7-8,10H,1-3,6,9H2,(H,19,21). The molecule has 0 radical (unpaired) electrons. The van der Waals surface area contributed by atoms with Crippen LogP contribution in [0.5, 0.6) is 0 Å². The maximum Gasteiger partial charge on any atom is 0.280 e. The van der Waals surface area contributed by atoms with Gasteiger partial charge in [0, 0.05) is 4.88 Å². The summed E-state index contributed by atoms with van der Waals surface area (Å²) in [7, 11) is 0. The summed E-state index contributed by atoms with van der Waals surface area (Å²) < 4.78 is 0. The highest BCUT2D eigenvalue weighted by atomic mass is 32.1. The number of amides is 3. The molecule has 24 heavy (non-hydrogen) atoms. The molecule has 0 fully saturated rings. The summed E-state index contributed by atoms with van der Waals surface area (Å²) in [6.07, 6.45) is 5.50. The third-order valence-corrected chi connectivity index (χ3v) is 5.71. The topological polar surface area (TPSA) is 66.5 Å². The lowest BCUT2D eigenvalue weighted by atomic mass is 10.1. The van der Waals surface area contributed by atoms with Crippen LogP contribution in [0.3, 0.4) is 0 Å². The lowest BCUT2D eigenvalue weighted by Gasteiger charge is -2.14. The number of hydrogen-bond acceptors (Lipinski definition) is 4. The van der Waals surface area contributed by atoms with Gasteiger partial charge in [-0.2, -0.15) is 5.01 Å². The third kappa shape index (κ3) is 2.43. The molecule has 0 unspecified atom stereocenters. The molecule has 6 heteroatoms. The molecule has 0 spiro atoms. The normalized spacial score (nSPS) is 16.6. The summed E-state index contributed by atoms with van der Waals surface area (Å²) in [6.45, 7) is 0. The van der Waals surface area contributed by atoms with Gasteiger partial charge >= 0.3 is 0 Å². The monoisotopic (exact) mass is 340 g/mol. The molecule has 5 nitrogen and oxygen atoms in total. The van der Waals surface area contributed by atoms with Crippen molar-refractivity contribution >= 4 is 29.1 Å². The fraction of sp³-hybridized carbons (Fsp3) is 0.278. The van der Waals surface area contributed by atoms with E-state index in [2.05, 4.69) is 5.43 Å². The Hall–Kier alpha value is -2.47. The Labute approximate surface area is 143 Å². The van der Waals surface area contributed by atoms with Crippen molar-refractivity contribution in [3.05, 3.63) is 56.8 Å². The minimum absolute atomic E-state index is 0.324. The second-order valence-electron chi connectivity index (χ2n) is 6.05. The number of aryl methyl sites for hydroxylation is 2. The second kappa shape index (κ2) is 5.87. The van der Waals surface area contributed by atoms with Crippen LogP contribution in [0.1, 0.15) is 60.1 Å². The zero-order valence-corrected chi connectivity index (χ0v) is 13.8. The number of fused-ring (bicyclic) bond motifs is 2. The summed E-state index contributed by atoms with van der Waals surface area (Å²) in [5.41, 5.74) is 4.35. The summed E-state index contributed by atoms with van der Waals surface area (Å²) in [4.78, 5) is 38.9. The number of carbonyl (C=O) groups excluding carboxylic acids is 3. The highest BCUT2D eigenvalue weighted by molar-refractivity contribution is 7.14. The van der Waals surface area contributed by atoms with Gasteiger partial charge in [0.1, 0.15) is 0 Å². The summed E-state index contributed by atoms with van der Waals surface area (Å²) in [5, 5.41) is 0.817. The van der Waals surface area contributed by atoms with Crippen molar-refractivity contribution in [1.82, 2.24) is 10.4 Å². The van der Waals surface area contributed by atoms with E-state index in [-0.39, 0.29) is 0 Å². The van der Waals surface area contributed by atoms with E-state index < -0.39 is 17.7 Å². The predicted octanol–water partition coefficient (Wildman–Crippen LogP) is 2.96. The average molecular weight is 340 g/mol. The lowest BCUT2D eigenvalue weighted by Crippen LogP contribution is -2.45. The Bertz CT molecular complexity index is 797. The van der Waals surface area contributed by atoms with Crippen LogP contribution >= 0.6 is 11.3 Å². The van der Waals surface area contributed by atoms with E-state index in [4.69, 9.17) is 0 Å². The Kier molecular flexibility index (Phi) is 3.69. The summed E-state index contributed by atoms with van der Waals surface area (Å²) in [5.74, 6) is -1.37. The van der Waals surface area contributed by atoms with Crippen LogP contribution in [-0.2, 0) is 12.8 Å². The zero-order chi connectivity index (χ0) is 16.7. The van der Waals surface area contributed by atoms with E-state index in [1.807, 2.05) is 6.07 Å². The Morgan fingerprint density at radius 3 is 2.38 bits per heavy atom. The SMILES string of the molecule is O=C(NN1C(=O)c2ccccc2C1=O)c1cc2c(s1)CCCCC2. The first kappa shape index (κ1) is 15.1. The van der Waals surface area contributed by atoms with Crippen molar-refractivity contribution in [1.29, 1.82) is 0 Å². The van der Waals surface area contributed by atoms with Crippen molar-refractivity contribution in [2.45, 2.75) is 32.1 Å². The van der Waals surface area contributed by atoms with Crippen LogP contribution in [0.25, 0.3) is 0 Å². The molecule has 1 aliphatic carbocycles. The second-order valence-corrected chi connectivity index (χ2v) is 7.19. The van der Waals surface area contributed by atoms with Gasteiger partial charge in [-0.25, -0.2) is 0 Å². The minimum atomic E-state index is -0.484. The predicted molar refractivity (Wildman–Crippen MR) is 90.0 cm³/mol. The zero-order valence-electron chi connectivity index (χ0n) is 13.0. The quantitative estimate of drug-likeness (QED) is 0.675. The number of hydrazine groups is 1. The van der Waals surface area contributed by atoms with Gasteiger partial charge in [-0.05, 0) is 49.4 Å². The smallest absolute Gasteiger partial charge is 0.267 e. The summed E-state index contributed by atoms with van der Waals surface area (Å²) >= 11 is 1.47. The van der Waals surface area contributed by atoms with Gasteiger partial charge in [-0.3, -0.25) is 19.8 Å². The molecule has 4 rings (SSSR count). The number of imide groups is 1. The number of nitrogens with one attached hydrogen (secondary N) is 1. The van der Waals surface area contributed by atoms with Crippen LogP contribution in [0.2, 0.25) is 0 Å². The molecule has 1 N–H and O–H groups in total. The van der Waals surface area contributed by atoms with E-state index in [0.29, 0.717) is 16.0 Å². The molecular formula is C18H16N2O3S. The molecule has 0 bridgehead atoms. The number of thiophene rings is 1. The maximum atomic E-state index is 12.5. The van der Waals surface area contributed by atoms with E-state index in [0.717, 1.165) is 30.7 Å². The number of carbonyl (C=O) groups is 3. The Morgan fingerprint density at radius 1 is 1.00 bits per heavy atom. The van der Waals surface area contributed by atoms with Crippen molar-refractivity contribution in [3.63, 3.8) is 0 Å². The minimum Gasteiger partial charge on any atom is -0.267 e. The molecule has 1 aromatic carbocycles. The molecular weight excluding hydrogens is 324 g/mol. The van der Waals surface area contributed by atoms with Crippen molar-refractivity contribution in [3.8, 4) is 0 Å². The van der Waals surface area contributed by atoms with Gasteiger partial charge in [0.15, 0.2) is 0 Å². The van der Waals surface area contributed by atoms with Gasteiger partial charge in [0.05, 0.1) is 16.0 Å². The van der Waals surface area contributed by atoms with Crippen molar-refractivity contribution in [2.24, 2.45) is 0 Å². The van der Waals surface area contributed by atoms with E-state index >= 15 is 0 Å². The molecule has 1 aliphatic heterocycles. The lowest BCUT2D eigenvalue weighted by molar-refractivity contribution is 0.0519. The van der Waals surface area contributed by atoms with Crippen LogP contribution < -0.4 is 5.43 Å². The molecule has 2 aliphatic rings. The first-order valence-corrected chi connectivity index (χ1v) is 8.87. The highest BCUT2D eigenvalue weighted by Crippen LogP contribution is 2.29. The van der Waals surface area contributed by atoms with Gasteiger partial charge in [0.2, 0.25) is 0 Å². The van der Waals surface area contributed by atoms with Gasteiger partial charge < -0.3 is 0 Å². The van der Waals surface area contributed by atoms with Crippen LogP contribution in [0.4, 0.5) is 0 Å². The first-order valence-electron chi connectivity index (χ1n) is 8.05. The molecule has 0 atom stereocenters. The van der Waals surface area contributed by atoms with Crippen LogP contribution in [0.15, 0.2) is 30.3 Å². The fourth-order valence-corrected chi connectivity index (χ4v) is 4.37.